The van der Waals surface area contributed by atoms with Crippen molar-refractivity contribution >= 4 is 22.7 Å². The predicted molar refractivity (Wildman–Crippen MR) is 72.6 cm³/mol. The van der Waals surface area contributed by atoms with Gasteiger partial charge in [-0.2, -0.15) is 11.8 Å². The molecule has 0 aliphatic carbocycles. The Balaban J connectivity index is 2.30. The smallest absolute Gasteiger partial charge is 0.0457 e. The Kier molecular flexibility index (Phi) is 3.56. The van der Waals surface area contributed by atoms with Gasteiger partial charge in [-0.05, 0) is 28.5 Å². The van der Waals surface area contributed by atoms with Crippen molar-refractivity contribution in [3.8, 4) is 0 Å². The first-order valence-electron chi connectivity index (χ1n) is 5.61. The Labute approximate surface area is 101 Å². The molecule has 1 aromatic heterocycles. The van der Waals surface area contributed by atoms with Crippen LogP contribution in [-0.4, -0.2) is 10.2 Å². The first-order valence-corrected chi connectivity index (χ1v) is 6.66. The molecule has 0 atom stereocenters. The van der Waals surface area contributed by atoms with Crippen molar-refractivity contribution in [3.05, 3.63) is 35.5 Å². The van der Waals surface area contributed by atoms with Crippen LogP contribution in [0.1, 0.15) is 25.0 Å². The van der Waals surface area contributed by atoms with Crippen molar-refractivity contribution < 1.29 is 0 Å². The van der Waals surface area contributed by atoms with Crippen LogP contribution in [0.25, 0.3) is 10.9 Å². The van der Waals surface area contributed by atoms with Crippen LogP contribution in [0.4, 0.5) is 0 Å². The highest BCUT2D eigenvalue weighted by Gasteiger charge is 2.05. The third-order valence-electron chi connectivity index (χ3n) is 2.64. The summed E-state index contributed by atoms with van der Waals surface area (Å²) in [6.07, 6.45) is 2.11. The number of aromatic nitrogens is 1. The molecule has 0 amide bonds. The van der Waals surface area contributed by atoms with Crippen molar-refractivity contribution in [1.29, 1.82) is 0 Å². The first kappa shape index (κ1) is 11.6. The summed E-state index contributed by atoms with van der Waals surface area (Å²) in [5.74, 6) is 1.06. The molecule has 0 spiro atoms. The van der Waals surface area contributed by atoms with E-state index in [0.29, 0.717) is 11.8 Å². The molecular weight excluding hydrogens is 216 g/mol. The fourth-order valence-electron chi connectivity index (χ4n) is 1.73. The maximum Gasteiger partial charge on any atom is 0.0457 e. The minimum Gasteiger partial charge on any atom is -0.361 e. The van der Waals surface area contributed by atoms with Gasteiger partial charge in [0.25, 0.3) is 0 Å². The highest BCUT2D eigenvalue weighted by molar-refractivity contribution is 7.99. The van der Waals surface area contributed by atoms with Crippen LogP contribution >= 0.6 is 11.8 Å². The Morgan fingerprint density at radius 1 is 1.38 bits per heavy atom. The van der Waals surface area contributed by atoms with E-state index in [4.69, 9.17) is 5.73 Å². The monoisotopic (exact) mass is 234 g/mol. The van der Waals surface area contributed by atoms with Gasteiger partial charge in [-0.25, -0.2) is 0 Å². The standard InChI is InChI=1S/C13H18N2S/c1-9(2)16-8-11-7-15-13-4-3-10(6-14)5-12(11)13/h3-5,7,9,15H,6,8,14H2,1-2H3. The molecule has 3 N–H and O–H groups in total. The predicted octanol–water partition coefficient (Wildman–Crippen LogP) is 3.27. The lowest BCUT2D eigenvalue weighted by molar-refractivity contribution is 1.07. The van der Waals surface area contributed by atoms with Crippen molar-refractivity contribution in [3.63, 3.8) is 0 Å². The third-order valence-corrected chi connectivity index (χ3v) is 3.78. The average molecular weight is 234 g/mol. The van der Waals surface area contributed by atoms with Gasteiger partial charge in [-0.15, -0.1) is 0 Å². The van der Waals surface area contributed by atoms with Crippen LogP contribution < -0.4 is 5.73 Å². The molecule has 0 saturated heterocycles. The summed E-state index contributed by atoms with van der Waals surface area (Å²) in [5.41, 5.74) is 9.45. The Morgan fingerprint density at radius 3 is 2.88 bits per heavy atom. The maximum atomic E-state index is 5.67. The summed E-state index contributed by atoms with van der Waals surface area (Å²) in [5, 5.41) is 1.98. The van der Waals surface area contributed by atoms with Gasteiger partial charge in [-0.1, -0.05) is 19.9 Å². The summed E-state index contributed by atoms with van der Waals surface area (Å²) in [4.78, 5) is 3.31. The molecule has 3 heteroatoms. The molecule has 0 radical (unpaired) electrons. The van der Waals surface area contributed by atoms with Gasteiger partial charge < -0.3 is 10.7 Å². The molecule has 2 nitrogen and oxygen atoms in total. The van der Waals surface area contributed by atoms with Gasteiger partial charge in [0.1, 0.15) is 0 Å². The van der Waals surface area contributed by atoms with Crippen molar-refractivity contribution in [2.75, 3.05) is 0 Å². The largest absolute Gasteiger partial charge is 0.361 e. The van der Waals surface area contributed by atoms with Gasteiger partial charge in [0.15, 0.2) is 0 Å². The van der Waals surface area contributed by atoms with Gasteiger partial charge in [0.05, 0.1) is 0 Å². The molecular formula is C13H18N2S. The number of benzene rings is 1. The fourth-order valence-corrected chi connectivity index (χ4v) is 2.48. The van der Waals surface area contributed by atoms with E-state index in [-0.39, 0.29) is 0 Å². The van der Waals surface area contributed by atoms with Gasteiger partial charge in [-0.3, -0.25) is 0 Å². The van der Waals surface area contributed by atoms with Crippen LogP contribution in [0.15, 0.2) is 24.4 Å². The summed E-state index contributed by atoms with van der Waals surface area (Å²) < 4.78 is 0. The van der Waals surface area contributed by atoms with Crippen LogP contribution in [0.5, 0.6) is 0 Å². The van der Waals surface area contributed by atoms with E-state index < -0.39 is 0 Å². The van der Waals surface area contributed by atoms with Crippen molar-refractivity contribution in [2.45, 2.75) is 31.4 Å². The van der Waals surface area contributed by atoms with E-state index >= 15 is 0 Å². The number of H-pyrrole nitrogens is 1. The molecule has 0 aliphatic heterocycles. The number of nitrogens with one attached hydrogen (secondary N) is 1. The summed E-state index contributed by atoms with van der Waals surface area (Å²) in [6, 6.07) is 6.39. The second-order valence-electron chi connectivity index (χ2n) is 4.26. The lowest BCUT2D eigenvalue weighted by atomic mass is 10.1. The molecule has 1 heterocycles. The molecule has 0 unspecified atom stereocenters. The molecule has 0 fully saturated rings. The van der Waals surface area contributed by atoms with Crippen LogP contribution in [0.2, 0.25) is 0 Å². The van der Waals surface area contributed by atoms with Crippen molar-refractivity contribution in [2.24, 2.45) is 5.73 Å². The van der Waals surface area contributed by atoms with Gasteiger partial charge in [0, 0.05) is 29.4 Å². The minimum absolute atomic E-state index is 0.609. The average Bonchev–Trinajstić information content (AvgIpc) is 2.68. The molecule has 0 bridgehead atoms. The number of aromatic amines is 1. The Bertz CT molecular complexity index is 474. The maximum absolute atomic E-state index is 5.67. The molecule has 86 valence electrons. The van der Waals surface area contributed by atoms with E-state index in [0.717, 1.165) is 5.75 Å². The number of nitrogens with two attached hydrogens (primary N) is 1. The number of fused-ring (bicyclic) bond motifs is 1. The zero-order valence-electron chi connectivity index (χ0n) is 9.79. The fraction of sp³-hybridized carbons (Fsp3) is 0.385. The third kappa shape index (κ3) is 2.42. The number of hydrogen-bond acceptors (Lipinski definition) is 2. The van der Waals surface area contributed by atoms with E-state index in [1.54, 1.807) is 0 Å². The summed E-state index contributed by atoms with van der Waals surface area (Å²) >= 11 is 1.97. The van der Waals surface area contributed by atoms with E-state index in [9.17, 15) is 0 Å². The molecule has 16 heavy (non-hydrogen) atoms. The summed E-state index contributed by atoms with van der Waals surface area (Å²) in [6.45, 7) is 5.06. The SMILES string of the molecule is CC(C)SCc1c[nH]c2ccc(CN)cc12. The van der Waals surface area contributed by atoms with Crippen LogP contribution in [0.3, 0.4) is 0 Å². The molecule has 2 rings (SSSR count). The highest BCUT2D eigenvalue weighted by Crippen LogP contribution is 2.25. The number of hydrogen-bond donors (Lipinski definition) is 2. The summed E-state index contributed by atoms with van der Waals surface area (Å²) in [7, 11) is 0. The molecule has 1 aromatic carbocycles. The lowest BCUT2D eigenvalue weighted by Gasteiger charge is -2.04. The normalized spacial score (nSPS) is 11.5. The zero-order chi connectivity index (χ0) is 11.5. The Hall–Kier alpha value is -0.930. The van der Waals surface area contributed by atoms with Crippen molar-refractivity contribution in [1.82, 2.24) is 4.98 Å². The topological polar surface area (TPSA) is 41.8 Å². The van der Waals surface area contributed by atoms with Gasteiger partial charge in [0.2, 0.25) is 0 Å². The second-order valence-corrected chi connectivity index (χ2v) is 5.82. The highest BCUT2D eigenvalue weighted by atomic mass is 32.2. The zero-order valence-corrected chi connectivity index (χ0v) is 10.6. The second kappa shape index (κ2) is 4.93. The lowest BCUT2D eigenvalue weighted by Crippen LogP contribution is -1.95. The number of rotatable bonds is 4. The number of thioether (sulfide) groups is 1. The molecule has 0 saturated carbocycles. The van der Waals surface area contributed by atoms with E-state index in [2.05, 4.69) is 43.2 Å². The minimum atomic E-state index is 0.609. The molecule has 0 aliphatic rings. The van der Waals surface area contributed by atoms with Crippen LogP contribution in [0, 0.1) is 0 Å². The first-order chi connectivity index (χ1) is 7.70. The Morgan fingerprint density at radius 2 is 2.19 bits per heavy atom. The van der Waals surface area contributed by atoms with Gasteiger partial charge >= 0.3 is 0 Å². The van der Waals surface area contributed by atoms with Crippen LogP contribution in [-0.2, 0) is 12.3 Å². The quantitative estimate of drug-likeness (QED) is 0.852. The molecule has 2 aromatic rings. The van der Waals surface area contributed by atoms with E-state index in [1.165, 1.54) is 22.0 Å². The van der Waals surface area contributed by atoms with E-state index in [1.807, 2.05) is 11.8 Å².